The van der Waals surface area contributed by atoms with Crippen molar-refractivity contribution in [3.8, 4) is 0 Å². The molecule has 2 saturated carbocycles. The van der Waals surface area contributed by atoms with Crippen molar-refractivity contribution < 1.29 is 9.90 Å². The van der Waals surface area contributed by atoms with Gasteiger partial charge in [0.05, 0.1) is 5.92 Å². The lowest BCUT2D eigenvalue weighted by Gasteiger charge is -2.50. The van der Waals surface area contributed by atoms with Crippen LogP contribution < -0.4 is 5.73 Å². The first-order valence-corrected chi connectivity index (χ1v) is 6.02. The molecule has 3 heteroatoms. The molecule has 0 heterocycles. The molecule has 0 aromatic carbocycles. The molecule has 0 amide bonds. The number of carboxylic acids is 1. The summed E-state index contributed by atoms with van der Waals surface area (Å²) < 4.78 is 0. The number of nitrogens with two attached hydrogens (primary N) is 1. The van der Waals surface area contributed by atoms with Crippen molar-refractivity contribution in [2.75, 3.05) is 0 Å². The maximum atomic E-state index is 11.0. The minimum absolute atomic E-state index is 0.0829. The summed E-state index contributed by atoms with van der Waals surface area (Å²) in [6.07, 6.45) is 6.23. The Morgan fingerprint density at radius 3 is 2.73 bits per heavy atom. The molecule has 86 valence electrons. The van der Waals surface area contributed by atoms with E-state index in [1.54, 1.807) is 0 Å². The standard InChI is InChI=1S/C12H21NO2/c1-12-7-8(11(14)15)5-6-9(12)3-2-4-10(12)13/h8-10H,2-7,13H2,1H3,(H,14,15)/t8-,9-,10-,12+/m1/s1. The van der Waals surface area contributed by atoms with Crippen LogP contribution >= 0.6 is 0 Å². The van der Waals surface area contributed by atoms with Crippen molar-refractivity contribution in [3.05, 3.63) is 0 Å². The lowest BCUT2D eigenvalue weighted by Crippen LogP contribution is -2.51. The largest absolute Gasteiger partial charge is 0.481 e. The molecule has 4 atom stereocenters. The van der Waals surface area contributed by atoms with E-state index in [1.807, 2.05) is 0 Å². The number of aliphatic carboxylic acids is 1. The van der Waals surface area contributed by atoms with Crippen molar-refractivity contribution in [1.82, 2.24) is 0 Å². The summed E-state index contributed by atoms with van der Waals surface area (Å²) in [5, 5.41) is 9.09. The average molecular weight is 211 g/mol. The van der Waals surface area contributed by atoms with Gasteiger partial charge < -0.3 is 10.8 Å². The quantitative estimate of drug-likeness (QED) is 0.697. The van der Waals surface area contributed by atoms with E-state index in [-0.39, 0.29) is 17.4 Å². The maximum Gasteiger partial charge on any atom is 0.306 e. The van der Waals surface area contributed by atoms with Gasteiger partial charge in [0.15, 0.2) is 0 Å². The zero-order valence-electron chi connectivity index (χ0n) is 9.41. The summed E-state index contributed by atoms with van der Waals surface area (Å²) in [5.41, 5.74) is 6.28. The monoisotopic (exact) mass is 211 g/mol. The Hall–Kier alpha value is -0.570. The van der Waals surface area contributed by atoms with Gasteiger partial charge in [-0.25, -0.2) is 0 Å². The fourth-order valence-electron chi connectivity index (χ4n) is 3.58. The van der Waals surface area contributed by atoms with Gasteiger partial charge in [-0.1, -0.05) is 13.3 Å². The highest BCUT2D eigenvalue weighted by Crippen LogP contribution is 2.51. The van der Waals surface area contributed by atoms with Crippen LogP contribution in [0.4, 0.5) is 0 Å². The first-order valence-electron chi connectivity index (χ1n) is 6.02. The third-order valence-electron chi connectivity index (χ3n) is 4.75. The Labute approximate surface area is 91.0 Å². The van der Waals surface area contributed by atoms with Crippen LogP contribution in [-0.4, -0.2) is 17.1 Å². The summed E-state index contributed by atoms with van der Waals surface area (Å²) in [6.45, 7) is 2.20. The molecule has 3 N–H and O–H groups in total. The normalized spacial score (nSPS) is 45.9. The van der Waals surface area contributed by atoms with Gasteiger partial charge in [0.25, 0.3) is 0 Å². The van der Waals surface area contributed by atoms with E-state index in [2.05, 4.69) is 6.92 Å². The zero-order valence-corrected chi connectivity index (χ0v) is 9.41. The fraction of sp³-hybridized carbons (Fsp3) is 0.917. The molecule has 0 saturated heterocycles. The molecule has 2 fully saturated rings. The summed E-state index contributed by atoms with van der Waals surface area (Å²) in [7, 11) is 0. The van der Waals surface area contributed by atoms with Crippen molar-refractivity contribution in [2.45, 2.75) is 51.5 Å². The Morgan fingerprint density at radius 2 is 2.07 bits per heavy atom. The van der Waals surface area contributed by atoms with E-state index in [0.29, 0.717) is 5.92 Å². The third kappa shape index (κ3) is 1.78. The topological polar surface area (TPSA) is 63.3 Å². The maximum absolute atomic E-state index is 11.0. The number of hydrogen-bond acceptors (Lipinski definition) is 2. The molecule has 2 aliphatic carbocycles. The van der Waals surface area contributed by atoms with Crippen LogP contribution in [-0.2, 0) is 4.79 Å². The highest BCUT2D eigenvalue weighted by molar-refractivity contribution is 5.70. The Morgan fingerprint density at radius 1 is 1.33 bits per heavy atom. The minimum atomic E-state index is -0.632. The van der Waals surface area contributed by atoms with Gasteiger partial charge in [-0.15, -0.1) is 0 Å². The molecular weight excluding hydrogens is 190 g/mol. The molecule has 0 aliphatic heterocycles. The molecule has 0 aromatic rings. The second kappa shape index (κ2) is 3.78. The molecular formula is C12H21NO2. The molecule has 3 nitrogen and oxygen atoms in total. The van der Waals surface area contributed by atoms with E-state index in [4.69, 9.17) is 10.8 Å². The van der Waals surface area contributed by atoms with Gasteiger partial charge in [0.2, 0.25) is 0 Å². The molecule has 2 aliphatic rings. The molecule has 0 spiro atoms. The number of fused-ring (bicyclic) bond motifs is 1. The van der Waals surface area contributed by atoms with Crippen molar-refractivity contribution in [1.29, 1.82) is 0 Å². The number of carboxylic acid groups (broad SMARTS) is 1. The Bertz CT molecular complexity index is 266. The van der Waals surface area contributed by atoms with Crippen molar-refractivity contribution in [3.63, 3.8) is 0 Å². The van der Waals surface area contributed by atoms with Crippen LogP contribution in [0, 0.1) is 17.3 Å². The van der Waals surface area contributed by atoms with Gasteiger partial charge in [0, 0.05) is 6.04 Å². The van der Waals surface area contributed by atoms with Crippen LogP contribution in [0.3, 0.4) is 0 Å². The zero-order chi connectivity index (χ0) is 11.1. The third-order valence-corrected chi connectivity index (χ3v) is 4.75. The van der Waals surface area contributed by atoms with E-state index < -0.39 is 5.97 Å². The van der Waals surface area contributed by atoms with Gasteiger partial charge in [-0.05, 0) is 43.4 Å². The van der Waals surface area contributed by atoms with Gasteiger partial charge in [-0.2, -0.15) is 0 Å². The molecule has 15 heavy (non-hydrogen) atoms. The summed E-state index contributed by atoms with van der Waals surface area (Å²) in [5.74, 6) is -0.125. The van der Waals surface area contributed by atoms with Crippen LogP contribution in [0.25, 0.3) is 0 Å². The van der Waals surface area contributed by atoms with Crippen LogP contribution in [0.5, 0.6) is 0 Å². The van der Waals surface area contributed by atoms with Crippen molar-refractivity contribution >= 4 is 5.97 Å². The Balaban J connectivity index is 2.15. The van der Waals surface area contributed by atoms with Crippen LogP contribution in [0.15, 0.2) is 0 Å². The second-order valence-electron chi connectivity index (χ2n) is 5.56. The smallest absolute Gasteiger partial charge is 0.306 e. The molecule has 0 unspecified atom stereocenters. The number of hydrogen-bond donors (Lipinski definition) is 2. The number of rotatable bonds is 1. The van der Waals surface area contributed by atoms with E-state index in [0.717, 1.165) is 25.7 Å². The highest BCUT2D eigenvalue weighted by Gasteiger charge is 2.47. The average Bonchev–Trinajstić information content (AvgIpc) is 2.19. The molecule has 0 radical (unpaired) electrons. The first-order chi connectivity index (χ1) is 7.04. The Kier molecular flexibility index (Phi) is 2.75. The fourth-order valence-corrected chi connectivity index (χ4v) is 3.58. The summed E-state index contributed by atoms with van der Waals surface area (Å²) >= 11 is 0. The summed E-state index contributed by atoms with van der Waals surface area (Å²) in [6, 6.07) is 0.207. The van der Waals surface area contributed by atoms with Gasteiger partial charge >= 0.3 is 5.97 Å². The van der Waals surface area contributed by atoms with Crippen LogP contribution in [0.1, 0.15) is 45.4 Å². The predicted molar refractivity (Wildman–Crippen MR) is 58.4 cm³/mol. The van der Waals surface area contributed by atoms with Gasteiger partial charge in [-0.3, -0.25) is 4.79 Å². The lowest BCUT2D eigenvalue weighted by atomic mass is 9.56. The molecule has 0 bridgehead atoms. The SMILES string of the molecule is C[C@]12C[C@H](C(=O)O)CC[C@H]1CCC[C@H]2N. The number of carbonyl (C=O) groups is 1. The van der Waals surface area contributed by atoms with Gasteiger partial charge in [0.1, 0.15) is 0 Å². The first kappa shape index (κ1) is 10.9. The second-order valence-corrected chi connectivity index (χ2v) is 5.56. The lowest BCUT2D eigenvalue weighted by molar-refractivity contribution is -0.146. The van der Waals surface area contributed by atoms with E-state index in [1.165, 1.54) is 12.8 Å². The molecule has 0 aromatic heterocycles. The van der Waals surface area contributed by atoms with E-state index >= 15 is 0 Å². The van der Waals surface area contributed by atoms with Crippen molar-refractivity contribution in [2.24, 2.45) is 23.0 Å². The minimum Gasteiger partial charge on any atom is -0.481 e. The van der Waals surface area contributed by atoms with Crippen LogP contribution in [0.2, 0.25) is 0 Å². The highest BCUT2D eigenvalue weighted by atomic mass is 16.4. The van der Waals surface area contributed by atoms with E-state index in [9.17, 15) is 4.79 Å². The summed E-state index contributed by atoms with van der Waals surface area (Å²) in [4.78, 5) is 11.0. The predicted octanol–water partition coefficient (Wildman–Crippen LogP) is 2.00. The molecule has 2 rings (SSSR count).